The van der Waals surface area contributed by atoms with Gasteiger partial charge in [0.2, 0.25) is 0 Å². The second kappa shape index (κ2) is 9.78. The lowest BCUT2D eigenvalue weighted by atomic mass is 10.0. The Bertz CT molecular complexity index is 814. The predicted octanol–water partition coefficient (Wildman–Crippen LogP) is 4.40. The molecule has 0 saturated carbocycles. The Balaban J connectivity index is 2.01. The Labute approximate surface area is 165 Å². The van der Waals surface area contributed by atoms with Crippen LogP contribution in [0.4, 0.5) is 5.69 Å². The molecule has 0 saturated heterocycles. The first kappa shape index (κ1) is 21.3. The van der Waals surface area contributed by atoms with Gasteiger partial charge in [-0.3, -0.25) is 4.79 Å². The smallest absolute Gasteiger partial charge is 0.339 e. The van der Waals surface area contributed by atoms with Crippen LogP contribution in [-0.4, -0.2) is 31.7 Å². The molecular weight excluding hydrogens is 358 g/mol. The number of hydrogen-bond donors (Lipinski definition) is 1. The second-order valence-electron chi connectivity index (χ2n) is 6.61. The van der Waals surface area contributed by atoms with E-state index in [-0.39, 0.29) is 5.56 Å². The highest BCUT2D eigenvalue weighted by Gasteiger charge is 2.20. The largest absolute Gasteiger partial charge is 0.493 e. The van der Waals surface area contributed by atoms with Crippen molar-refractivity contribution in [2.75, 3.05) is 19.0 Å². The minimum absolute atomic E-state index is 0.283. The van der Waals surface area contributed by atoms with Gasteiger partial charge in [0.25, 0.3) is 5.91 Å². The molecule has 1 amide bonds. The van der Waals surface area contributed by atoms with Crippen LogP contribution in [0.3, 0.4) is 0 Å². The summed E-state index contributed by atoms with van der Waals surface area (Å²) in [7, 11) is 1.52. The molecule has 0 radical (unpaired) electrons. The minimum Gasteiger partial charge on any atom is -0.493 e. The third-order valence-corrected chi connectivity index (χ3v) is 4.20. The van der Waals surface area contributed by atoms with Gasteiger partial charge in [-0.15, -0.1) is 0 Å². The molecule has 28 heavy (non-hydrogen) atoms. The molecule has 0 unspecified atom stereocenters. The van der Waals surface area contributed by atoms with Gasteiger partial charge in [0.1, 0.15) is 0 Å². The number of nitrogens with one attached hydrogen (secondary N) is 1. The average Bonchev–Trinajstić information content (AvgIpc) is 2.68. The number of carbonyl (C=O) groups is 2. The highest BCUT2D eigenvalue weighted by atomic mass is 16.5. The van der Waals surface area contributed by atoms with Gasteiger partial charge in [0, 0.05) is 5.69 Å². The van der Waals surface area contributed by atoms with Crippen molar-refractivity contribution in [3.63, 3.8) is 0 Å². The Hall–Kier alpha value is -3.02. The number of methoxy groups -OCH3 is 1. The summed E-state index contributed by atoms with van der Waals surface area (Å²) >= 11 is 0. The summed E-state index contributed by atoms with van der Waals surface area (Å²) in [5, 5.41) is 2.75. The summed E-state index contributed by atoms with van der Waals surface area (Å²) < 4.78 is 16.0. The molecule has 0 spiro atoms. The van der Waals surface area contributed by atoms with Crippen LogP contribution >= 0.6 is 0 Å². The van der Waals surface area contributed by atoms with Crippen LogP contribution in [0.2, 0.25) is 0 Å². The molecular formula is C22H27NO5. The second-order valence-corrected chi connectivity index (χ2v) is 6.61. The van der Waals surface area contributed by atoms with E-state index in [1.54, 1.807) is 18.2 Å². The van der Waals surface area contributed by atoms with Crippen LogP contribution in [0.5, 0.6) is 11.5 Å². The van der Waals surface area contributed by atoms with Crippen LogP contribution in [0.15, 0.2) is 42.5 Å². The zero-order valence-corrected chi connectivity index (χ0v) is 16.9. The standard InChI is InChI=1S/C22H27NO5/c1-6-27-20-13-17(9-12-19(20)26-5)22(25)28-15(4)21(24)23-18-10-7-16(8-11-18)14(2)3/h7-15H,6H2,1-5H3,(H,23,24)/t15-/m1/s1. The lowest BCUT2D eigenvalue weighted by molar-refractivity contribution is -0.123. The molecule has 0 aliphatic carbocycles. The molecule has 1 N–H and O–H groups in total. The highest BCUT2D eigenvalue weighted by molar-refractivity contribution is 5.97. The topological polar surface area (TPSA) is 73.9 Å². The first-order chi connectivity index (χ1) is 13.3. The maximum Gasteiger partial charge on any atom is 0.339 e. The van der Waals surface area contributed by atoms with Crippen molar-refractivity contribution in [1.82, 2.24) is 0 Å². The SMILES string of the molecule is CCOc1cc(C(=O)O[C@H](C)C(=O)Nc2ccc(C(C)C)cc2)ccc1OC. The van der Waals surface area contributed by atoms with Crippen LogP contribution in [0, 0.1) is 0 Å². The molecule has 0 heterocycles. The van der Waals surface area contributed by atoms with Crippen molar-refractivity contribution >= 4 is 17.6 Å². The van der Waals surface area contributed by atoms with E-state index in [2.05, 4.69) is 19.2 Å². The molecule has 1 atom stereocenters. The summed E-state index contributed by atoms with van der Waals surface area (Å²) in [6, 6.07) is 12.3. The fraction of sp³-hybridized carbons (Fsp3) is 0.364. The van der Waals surface area contributed by atoms with Crippen molar-refractivity contribution in [3.05, 3.63) is 53.6 Å². The first-order valence-electron chi connectivity index (χ1n) is 9.28. The van der Waals surface area contributed by atoms with Gasteiger partial charge < -0.3 is 19.5 Å². The van der Waals surface area contributed by atoms with Crippen molar-refractivity contribution in [2.24, 2.45) is 0 Å². The molecule has 6 nitrogen and oxygen atoms in total. The molecule has 2 rings (SSSR count). The zero-order valence-electron chi connectivity index (χ0n) is 16.9. The van der Waals surface area contributed by atoms with Crippen LogP contribution in [0.1, 0.15) is 49.5 Å². The molecule has 150 valence electrons. The van der Waals surface area contributed by atoms with E-state index in [4.69, 9.17) is 14.2 Å². The van der Waals surface area contributed by atoms with Gasteiger partial charge in [0.15, 0.2) is 17.6 Å². The molecule has 0 aromatic heterocycles. The maximum absolute atomic E-state index is 12.4. The summed E-state index contributed by atoms with van der Waals surface area (Å²) in [5.41, 5.74) is 2.12. The van der Waals surface area contributed by atoms with E-state index in [0.717, 1.165) is 0 Å². The minimum atomic E-state index is -0.949. The molecule has 0 aliphatic heterocycles. The third-order valence-electron chi connectivity index (χ3n) is 4.20. The fourth-order valence-corrected chi connectivity index (χ4v) is 2.55. The predicted molar refractivity (Wildman–Crippen MR) is 108 cm³/mol. The Morgan fingerprint density at radius 2 is 1.68 bits per heavy atom. The van der Waals surface area contributed by atoms with E-state index in [9.17, 15) is 9.59 Å². The van der Waals surface area contributed by atoms with Gasteiger partial charge in [-0.2, -0.15) is 0 Å². The summed E-state index contributed by atoms with van der Waals surface area (Å²) in [6.07, 6.45) is -0.949. The number of amides is 1. The summed E-state index contributed by atoms with van der Waals surface area (Å²) in [5.74, 6) is 0.372. The van der Waals surface area contributed by atoms with Crippen LogP contribution in [0.25, 0.3) is 0 Å². The number of benzene rings is 2. The molecule has 2 aromatic carbocycles. The van der Waals surface area contributed by atoms with Crippen molar-refractivity contribution in [2.45, 2.75) is 39.7 Å². The summed E-state index contributed by atoms with van der Waals surface area (Å²) in [6.45, 7) is 8.01. The normalized spacial score (nSPS) is 11.6. The molecule has 6 heteroatoms. The summed E-state index contributed by atoms with van der Waals surface area (Å²) in [4.78, 5) is 24.7. The van der Waals surface area contributed by atoms with Crippen molar-refractivity contribution < 1.29 is 23.8 Å². The quantitative estimate of drug-likeness (QED) is 0.682. The highest BCUT2D eigenvalue weighted by Crippen LogP contribution is 2.28. The Morgan fingerprint density at radius 1 is 1.00 bits per heavy atom. The van der Waals surface area contributed by atoms with Crippen LogP contribution < -0.4 is 14.8 Å². The van der Waals surface area contributed by atoms with E-state index in [1.165, 1.54) is 19.6 Å². The zero-order chi connectivity index (χ0) is 20.7. The van der Waals surface area contributed by atoms with E-state index >= 15 is 0 Å². The van der Waals surface area contributed by atoms with E-state index in [1.807, 2.05) is 31.2 Å². The van der Waals surface area contributed by atoms with Gasteiger partial charge in [-0.05, 0) is 55.7 Å². The molecule has 0 aliphatic rings. The van der Waals surface area contributed by atoms with E-state index < -0.39 is 18.0 Å². The number of carbonyl (C=O) groups excluding carboxylic acids is 2. The number of anilines is 1. The fourth-order valence-electron chi connectivity index (χ4n) is 2.55. The number of esters is 1. The third kappa shape index (κ3) is 5.49. The Morgan fingerprint density at radius 3 is 2.25 bits per heavy atom. The number of ether oxygens (including phenoxy) is 3. The van der Waals surface area contributed by atoms with Crippen molar-refractivity contribution in [1.29, 1.82) is 0 Å². The molecule has 0 fully saturated rings. The molecule has 2 aromatic rings. The van der Waals surface area contributed by atoms with Crippen LogP contribution in [-0.2, 0) is 9.53 Å². The van der Waals surface area contributed by atoms with Gasteiger partial charge >= 0.3 is 5.97 Å². The lowest BCUT2D eigenvalue weighted by Gasteiger charge is -2.15. The van der Waals surface area contributed by atoms with Gasteiger partial charge in [-0.25, -0.2) is 4.79 Å². The number of hydrogen-bond acceptors (Lipinski definition) is 5. The lowest BCUT2D eigenvalue weighted by Crippen LogP contribution is -2.30. The average molecular weight is 385 g/mol. The van der Waals surface area contributed by atoms with E-state index in [0.29, 0.717) is 29.7 Å². The monoisotopic (exact) mass is 385 g/mol. The van der Waals surface area contributed by atoms with Gasteiger partial charge in [-0.1, -0.05) is 26.0 Å². The van der Waals surface area contributed by atoms with Crippen molar-refractivity contribution in [3.8, 4) is 11.5 Å². The Kier molecular flexibility index (Phi) is 7.44. The molecule has 0 bridgehead atoms. The number of rotatable bonds is 8. The maximum atomic E-state index is 12.4. The van der Waals surface area contributed by atoms with Gasteiger partial charge in [0.05, 0.1) is 19.3 Å². The first-order valence-corrected chi connectivity index (χ1v) is 9.28.